The first kappa shape index (κ1) is 13.6. The number of benzene rings is 1. The van der Waals surface area contributed by atoms with Crippen molar-refractivity contribution in [2.75, 3.05) is 12.4 Å². The largest absolute Gasteiger partial charge is 0.467 e. The maximum atomic E-state index is 11.4. The van der Waals surface area contributed by atoms with Gasteiger partial charge in [-0.2, -0.15) is 0 Å². The zero-order chi connectivity index (χ0) is 14.5. The summed E-state index contributed by atoms with van der Waals surface area (Å²) < 4.78 is 9.66. The second-order valence-corrected chi connectivity index (χ2v) is 3.91. The van der Waals surface area contributed by atoms with Gasteiger partial charge in [0, 0.05) is 6.07 Å². The lowest BCUT2D eigenvalue weighted by Crippen LogP contribution is -2.05. The van der Waals surface area contributed by atoms with Crippen molar-refractivity contribution in [1.29, 1.82) is 0 Å². The number of furan rings is 1. The van der Waals surface area contributed by atoms with Gasteiger partial charge in [0.05, 0.1) is 30.4 Å². The highest BCUT2D eigenvalue weighted by Gasteiger charge is 2.17. The summed E-state index contributed by atoms with van der Waals surface area (Å²) in [6.07, 6.45) is 1.52. The maximum Gasteiger partial charge on any atom is 0.338 e. The van der Waals surface area contributed by atoms with Crippen molar-refractivity contribution in [3.05, 3.63) is 58.0 Å². The van der Waals surface area contributed by atoms with Crippen molar-refractivity contribution < 1.29 is 18.9 Å². The van der Waals surface area contributed by atoms with Crippen LogP contribution in [0, 0.1) is 10.1 Å². The number of hydrogen-bond donors (Lipinski definition) is 1. The monoisotopic (exact) mass is 276 g/mol. The molecule has 0 aliphatic heterocycles. The van der Waals surface area contributed by atoms with Gasteiger partial charge in [-0.05, 0) is 24.3 Å². The third kappa shape index (κ3) is 2.94. The van der Waals surface area contributed by atoms with Crippen LogP contribution >= 0.6 is 0 Å². The summed E-state index contributed by atoms with van der Waals surface area (Å²) in [4.78, 5) is 21.8. The molecule has 2 rings (SSSR count). The fourth-order valence-corrected chi connectivity index (χ4v) is 1.67. The molecule has 1 heterocycles. The van der Waals surface area contributed by atoms with Crippen molar-refractivity contribution in [2.24, 2.45) is 0 Å². The van der Waals surface area contributed by atoms with E-state index in [0.29, 0.717) is 18.0 Å². The van der Waals surface area contributed by atoms with E-state index >= 15 is 0 Å². The SMILES string of the molecule is COC(=O)c1ccc(NCc2ccco2)c([N+](=O)[O-])c1. The lowest BCUT2D eigenvalue weighted by atomic mass is 10.1. The molecule has 0 aliphatic carbocycles. The molecule has 7 nitrogen and oxygen atoms in total. The summed E-state index contributed by atoms with van der Waals surface area (Å²) in [5, 5.41) is 13.9. The molecule has 0 fully saturated rings. The lowest BCUT2D eigenvalue weighted by Gasteiger charge is -2.07. The highest BCUT2D eigenvalue weighted by Crippen LogP contribution is 2.26. The smallest absolute Gasteiger partial charge is 0.338 e. The van der Waals surface area contributed by atoms with Gasteiger partial charge in [-0.15, -0.1) is 0 Å². The number of anilines is 1. The second-order valence-electron chi connectivity index (χ2n) is 3.91. The minimum absolute atomic E-state index is 0.128. The highest BCUT2D eigenvalue weighted by molar-refractivity contribution is 5.91. The Bertz CT molecular complexity index is 622. The van der Waals surface area contributed by atoms with Crippen LogP contribution in [0.5, 0.6) is 0 Å². The molecule has 0 saturated carbocycles. The molecule has 1 aromatic heterocycles. The van der Waals surface area contributed by atoms with Crippen molar-refractivity contribution in [2.45, 2.75) is 6.54 Å². The van der Waals surface area contributed by atoms with Gasteiger partial charge in [0.2, 0.25) is 0 Å². The second kappa shape index (κ2) is 5.87. The normalized spacial score (nSPS) is 10.1. The summed E-state index contributed by atoms with van der Waals surface area (Å²) in [6, 6.07) is 7.58. The fraction of sp³-hybridized carbons (Fsp3) is 0.154. The number of nitrogens with one attached hydrogen (secondary N) is 1. The minimum Gasteiger partial charge on any atom is -0.467 e. The molecule has 1 N–H and O–H groups in total. The van der Waals surface area contributed by atoms with E-state index in [9.17, 15) is 14.9 Å². The van der Waals surface area contributed by atoms with E-state index in [1.807, 2.05) is 0 Å². The molecule has 0 radical (unpaired) electrons. The zero-order valence-electron chi connectivity index (χ0n) is 10.7. The minimum atomic E-state index is -0.620. The topological polar surface area (TPSA) is 94.6 Å². The summed E-state index contributed by atoms with van der Waals surface area (Å²) >= 11 is 0. The summed E-state index contributed by atoms with van der Waals surface area (Å²) in [5.74, 6) is 0.0297. The Labute approximate surface area is 114 Å². The average Bonchev–Trinajstić information content (AvgIpc) is 2.97. The Balaban J connectivity index is 2.23. The lowest BCUT2D eigenvalue weighted by molar-refractivity contribution is -0.384. The number of hydrogen-bond acceptors (Lipinski definition) is 6. The molecule has 0 unspecified atom stereocenters. The number of methoxy groups -OCH3 is 1. The molecule has 7 heteroatoms. The van der Waals surface area contributed by atoms with Crippen LogP contribution in [0.2, 0.25) is 0 Å². The third-order valence-corrected chi connectivity index (χ3v) is 2.65. The maximum absolute atomic E-state index is 11.4. The van der Waals surface area contributed by atoms with E-state index in [-0.39, 0.29) is 11.3 Å². The van der Waals surface area contributed by atoms with Gasteiger partial charge >= 0.3 is 5.97 Å². The van der Waals surface area contributed by atoms with E-state index in [2.05, 4.69) is 10.1 Å². The van der Waals surface area contributed by atoms with Crippen LogP contribution in [0.1, 0.15) is 16.1 Å². The van der Waals surface area contributed by atoms with Gasteiger partial charge in [0.1, 0.15) is 11.4 Å². The Morgan fingerprint density at radius 1 is 1.45 bits per heavy atom. The molecule has 0 aliphatic rings. The average molecular weight is 276 g/mol. The van der Waals surface area contributed by atoms with Gasteiger partial charge in [-0.25, -0.2) is 4.79 Å². The molecule has 0 amide bonds. The third-order valence-electron chi connectivity index (χ3n) is 2.65. The fourth-order valence-electron chi connectivity index (χ4n) is 1.67. The molecule has 1 aromatic carbocycles. The van der Waals surface area contributed by atoms with Crippen molar-refractivity contribution in [1.82, 2.24) is 0 Å². The molecule has 104 valence electrons. The van der Waals surface area contributed by atoms with Crippen molar-refractivity contribution >= 4 is 17.3 Å². The van der Waals surface area contributed by atoms with E-state index in [0.717, 1.165) is 0 Å². The molecule has 20 heavy (non-hydrogen) atoms. The molecular weight excluding hydrogens is 264 g/mol. The summed E-state index contributed by atoms with van der Waals surface area (Å²) in [5.41, 5.74) is 0.237. The van der Waals surface area contributed by atoms with Gasteiger partial charge in [0.25, 0.3) is 5.69 Å². The Morgan fingerprint density at radius 2 is 2.25 bits per heavy atom. The number of nitro benzene ring substituents is 1. The number of nitro groups is 1. The number of carbonyl (C=O) groups is 1. The molecule has 0 bridgehead atoms. The van der Waals surface area contributed by atoms with Gasteiger partial charge in [-0.1, -0.05) is 0 Å². The van der Waals surface area contributed by atoms with Gasteiger partial charge < -0.3 is 14.5 Å². The predicted octanol–water partition coefficient (Wildman–Crippen LogP) is 2.59. The Morgan fingerprint density at radius 3 is 2.85 bits per heavy atom. The molecule has 0 saturated heterocycles. The Kier molecular flexibility index (Phi) is 3.99. The van der Waals surface area contributed by atoms with Crippen molar-refractivity contribution in [3.8, 4) is 0 Å². The van der Waals surface area contributed by atoms with Crippen LogP contribution in [0.4, 0.5) is 11.4 Å². The first-order chi connectivity index (χ1) is 9.61. The molecule has 2 aromatic rings. The molecule has 0 atom stereocenters. The van der Waals surface area contributed by atoms with E-state index in [4.69, 9.17) is 4.42 Å². The van der Waals surface area contributed by atoms with E-state index < -0.39 is 10.9 Å². The van der Waals surface area contributed by atoms with Crippen LogP contribution < -0.4 is 5.32 Å². The van der Waals surface area contributed by atoms with Gasteiger partial charge in [0.15, 0.2) is 0 Å². The number of esters is 1. The number of carbonyl (C=O) groups excluding carboxylic acids is 1. The predicted molar refractivity (Wildman–Crippen MR) is 70.5 cm³/mol. The van der Waals surface area contributed by atoms with Crippen LogP contribution in [0.25, 0.3) is 0 Å². The van der Waals surface area contributed by atoms with Crippen LogP contribution in [-0.2, 0) is 11.3 Å². The standard InChI is InChI=1S/C13H12N2O5/c1-19-13(16)9-4-5-11(12(7-9)15(17)18)14-8-10-3-2-6-20-10/h2-7,14H,8H2,1H3. The van der Waals surface area contributed by atoms with Crippen LogP contribution in [-0.4, -0.2) is 18.0 Å². The number of ether oxygens (including phenoxy) is 1. The quantitative estimate of drug-likeness (QED) is 0.512. The highest BCUT2D eigenvalue weighted by atomic mass is 16.6. The van der Waals surface area contributed by atoms with Crippen LogP contribution in [0.3, 0.4) is 0 Å². The van der Waals surface area contributed by atoms with Crippen molar-refractivity contribution in [3.63, 3.8) is 0 Å². The van der Waals surface area contributed by atoms with E-state index in [1.54, 1.807) is 12.1 Å². The molecule has 0 spiro atoms. The summed E-state index contributed by atoms with van der Waals surface area (Å²) in [6.45, 7) is 0.311. The first-order valence-corrected chi connectivity index (χ1v) is 5.75. The number of nitrogens with zero attached hydrogens (tertiary/aromatic N) is 1. The Hall–Kier alpha value is -2.83. The van der Waals surface area contributed by atoms with Gasteiger partial charge in [-0.3, -0.25) is 10.1 Å². The summed E-state index contributed by atoms with van der Waals surface area (Å²) in [7, 11) is 1.22. The number of rotatable bonds is 5. The van der Waals surface area contributed by atoms with Crippen LogP contribution in [0.15, 0.2) is 41.0 Å². The molecular formula is C13H12N2O5. The van der Waals surface area contributed by atoms with E-state index in [1.165, 1.54) is 31.6 Å². The first-order valence-electron chi connectivity index (χ1n) is 5.75. The zero-order valence-corrected chi connectivity index (χ0v) is 10.7.